The summed E-state index contributed by atoms with van der Waals surface area (Å²) in [6, 6.07) is 8.45. The standard InChI is InChI=1S/C16H22N4OS.2ClH/c21-16(10-13-11-22-9-7-17-13)18-6-3-8-20-12-19-14-4-1-2-5-15(14)20;;/h1-2,4-5,12-13,17H,3,6-11H2,(H,18,21);2*1H. The van der Waals surface area contributed by atoms with Crippen LogP contribution >= 0.6 is 36.6 Å². The van der Waals surface area contributed by atoms with Crippen molar-refractivity contribution in [2.24, 2.45) is 0 Å². The molecule has 0 aliphatic carbocycles. The van der Waals surface area contributed by atoms with E-state index < -0.39 is 0 Å². The third-order valence-corrected chi connectivity index (χ3v) is 4.99. The first-order valence-corrected chi connectivity index (χ1v) is 8.96. The van der Waals surface area contributed by atoms with Crippen LogP contribution in [-0.2, 0) is 11.3 Å². The van der Waals surface area contributed by atoms with Gasteiger partial charge in [0.2, 0.25) is 5.91 Å². The summed E-state index contributed by atoms with van der Waals surface area (Å²) in [5.41, 5.74) is 2.17. The van der Waals surface area contributed by atoms with Gasteiger partial charge >= 0.3 is 0 Å². The molecule has 0 radical (unpaired) electrons. The molecule has 5 nitrogen and oxygen atoms in total. The number of thioether (sulfide) groups is 1. The molecule has 24 heavy (non-hydrogen) atoms. The summed E-state index contributed by atoms with van der Waals surface area (Å²) in [6.07, 6.45) is 3.37. The molecule has 2 N–H and O–H groups in total. The lowest BCUT2D eigenvalue weighted by atomic mass is 10.2. The highest BCUT2D eigenvalue weighted by molar-refractivity contribution is 7.99. The fourth-order valence-electron chi connectivity index (χ4n) is 2.71. The van der Waals surface area contributed by atoms with Crippen LogP contribution < -0.4 is 10.6 Å². The molecule has 1 atom stereocenters. The molecule has 1 aliphatic heterocycles. The molecule has 1 fully saturated rings. The Balaban J connectivity index is 0.00000144. The highest BCUT2D eigenvalue weighted by Crippen LogP contribution is 2.12. The molecule has 1 aliphatic rings. The predicted molar refractivity (Wildman–Crippen MR) is 106 cm³/mol. The number of para-hydroxylation sites is 2. The van der Waals surface area contributed by atoms with Crippen LogP contribution in [0, 0.1) is 0 Å². The maximum absolute atomic E-state index is 11.9. The number of rotatable bonds is 6. The summed E-state index contributed by atoms with van der Waals surface area (Å²) in [5, 5.41) is 6.41. The van der Waals surface area contributed by atoms with E-state index in [0.717, 1.165) is 42.0 Å². The number of amides is 1. The summed E-state index contributed by atoms with van der Waals surface area (Å²) in [7, 11) is 0. The number of halogens is 2. The van der Waals surface area contributed by atoms with Crippen LogP contribution in [0.25, 0.3) is 11.0 Å². The molecule has 2 aromatic rings. The Labute approximate surface area is 159 Å². The van der Waals surface area contributed by atoms with Gasteiger partial charge in [-0.2, -0.15) is 11.8 Å². The molecule has 1 aromatic heterocycles. The fraction of sp³-hybridized carbons (Fsp3) is 0.500. The van der Waals surface area contributed by atoms with Crippen LogP contribution in [0.1, 0.15) is 12.8 Å². The highest BCUT2D eigenvalue weighted by atomic mass is 35.5. The first-order chi connectivity index (χ1) is 10.8. The van der Waals surface area contributed by atoms with Crippen LogP contribution in [0.15, 0.2) is 30.6 Å². The van der Waals surface area contributed by atoms with Gasteiger partial charge in [0.05, 0.1) is 17.4 Å². The van der Waals surface area contributed by atoms with E-state index in [0.29, 0.717) is 19.0 Å². The number of fused-ring (bicyclic) bond motifs is 1. The average Bonchev–Trinajstić information content (AvgIpc) is 2.96. The van der Waals surface area contributed by atoms with E-state index in [2.05, 4.69) is 26.3 Å². The molecule has 1 amide bonds. The summed E-state index contributed by atoms with van der Waals surface area (Å²) in [4.78, 5) is 16.3. The minimum Gasteiger partial charge on any atom is -0.356 e. The van der Waals surface area contributed by atoms with Crippen LogP contribution in [0.5, 0.6) is 0 Å². The first-order valence-electron chi connectivity index (χ1n) is 7.80. The fourth-order valence-corrected chi connectivity index (χ4v) is 3.66. The molecule has 1 unspecified atom stereocenters. The lowest BCUT2D eigenvalue weighted by Crippen LogP contribution is -2.41. The Morgan fingerprint density at radius 1 is 1.38 bits per heavy atom. The molecule has 1 saturated heterocycles. The minimum absolute atomic E-state index is 0. The smallest absolute Gasteiger partial charge is 0.221 e. The van der Waals surface area contributed by atoms with Gasteiger partial charge in [0, 0.05) is 43.6 Å². The number of nitrogens with zero attached hydrogens (tertiary/aromatic N) is 2. The van der Waals surface area contributed by atoms with Gasteiger partial charge in [-0.1, -0.05) is 12.1 Å². The van der Waals surface area contributed by atoms with Crippen molar-refractivity contribution in [3.63, 3.8) is 0 Å². The second-order valence-electron chi connectivity index (χ2n) is 5.56. The zero-order valence-corrected chi connectivity index (χ0v) is 15.9. The number of benzene rings is 1. The van der Waals surface area contributed by atoms with Gasteiger partial charge in [0.15, 0.2) is 0 Å². The van der Waals surface area contributed by atoms with E-state index in [1.54, 1.807) is 0 Å². The maximum Gasteiger partial charge on any atom is 0.221 e. The van der Waals surface area contributed by atoms with Crippen LogP contribution in [0.3, 0.4) is 0 Å². The third kappa shape index (κ3) is 5.84. The summed E-state index contributed by atoms with van der Waals surface area (Å²) in [6.45, 7) is 2.60. The molecule has 0 bridgehead atoms. The maximum atomic E-state index is 11.9. The molecule has 3 rings (SSSR count). The van der Waals surface area contributed by atoms with Crippen LogP contribution in [-0.4, -0.2) is 46.1 Å². The molecule has 8 heteroatoms. The lowest BCUT2D eigenvalue weighted by molar-refractivity contribution is -0.121. The van der Waals surface area contributed by atoms with Crippen molar-refractivity contribution < 1.29 is 4.79 Å². The molecule has 134 valence electrons. The number of carbonyl (C=O) groups excluding carboxylic acids is 1. The zero-order valence-electron chi connectivity index (χ0n) is 13.4. The van der Waals surface area contributed by atoms with Gasteiger partial charge in [-0.05, 0) is 18.6 Å². The summed E-state index contributed by atoms with van der Waals surface area (Å²) in [5.74, 6) is 2.33. The predicted octanol–water partition coefficient (Wildman–Crippen LogP) is 2.48. The third-order valence-electron chi connectivity index (χ3n) is 3.86. The van der Waals surface area contributed by atoms with Crippen molar-refractivity contribution in [2.75, 3.05) is 24.6 Å². The van der Waals surface area contributed by atoms with E-state index in [4.69, 9.17) is 0 Å². The molecule has 1 aromatic carbocycles. The molecular weight excluding hydrogens is 367 g/mol. The van der Waals surface area contributed by atoms with E-state index in [9.17, 15) is 4.79 Å². The van der Waals surface area contributed by atoms with E-state index in [1.807, 2.05) is 36.3 Å². The van der Waals surface area contributed by atoms with Crippen molar-refractivity contribution in [1.29, 1.82) is 0 Å². The normalized spacial score (nSPS) is 16.9. The molecule has 2 heterocycles. The Hall–Kier alpha value is -0.950. The van der Waals surface area contributed by atoms with Crippen molar-refractivity contribution in [2.45, 2.75) is 25.4 Å². The second-order valence-corrected chi connectivity index (χ2v) is 6.71. The molecule has 0 saturated carbocycles. The van der Waals surface area contributed by atoms with E-state index in [-0.39, 0.29) is 30.7 Å². The topological polar surface area (TPSA) is 59.0 Å². The summed E-state index contributed by atoms with van der Waals surface area (Å²) < 4.78 is 2.14. The number of aromatic nitrogens is 2. The number of carbonyl (C=O) groups is 1. The van der Waals surface area contributed by atoms with E-state index in [1.165, 1.54) is 0 Å². The number of nitrogens with one attached hydrogen (secondary N) is 2. The van der Waals surface area contributed by atoms with Gasteiger partial charge in [-0.3, -0.25) is 4.79 Å². The Kier molecular flexibility index (Phi) is 9.51. The highest BCUT2D eigenvalue weighted by Gasteiger charge is 2.16. The second kappa shape index (κ2) is 10.8. The van der Waals surface area contributed by atoms with Crippen molar-refractivity contribution in [3.8, 4) is 0 Å². The number of aryl methyl sites for hydroxylation is 1. The van der Waals surface area contributed by atoms with Crippen LogP contribution in [0.4, 0.5) is 0 Å². The Bertz CT molecular complexity index is 631. The zero-order chi connectivity index (χ0) is 15.2. The van der Waals surface area contributed by atoms with Gasteiger partial charge in [0.25, 0.3) is 0 Å². The van der Waals surface area contributed by atoms with E-state index >= 15 is 0 Å². The Morgan fingerprint density at radius 2 is 2.21 bits per heavy atom. The van der Waals surface area contributed by atoms with Gasteiger partial charge in [-0.15, -0.1) is 24.8 Å². The first kappa shape index (κ1) is 21.1. The monoisotopic (exact) mass is 390 g/mol. The molecular formula is C16H24Cl2N4OS. The van der Waals surface area contributed by atoms with Gasteiger partial charge < -0.3 is 15.2 Å². The minimum atomic E-state index is 0. The Morgan fingerprint density at radius 3 is 3.00 bits per heavy atom. The summed E-state index contributed by atoms with van der Waals surface area (Å²) >= 11 is 1.92. The number of imidazole rings is 1. The van der Waals surface area contributed by atoms with Crippen LogP contribution in [0.2, 0.25) is 0 Å². The van der Waals surface area contributed by atoms with Crippen molar-refractivity contribution in [3.05, 3.63) is 30.6 Å². The number of hydrogen-bond acceptors (Lipinski definition) is 4. The SMILES string of the molecule is Cl.Cl.O=C(CC1CSCCN1)NCCCn1cnc2ccccc21. The van der Waals surface area contributed by atoms with Gasteiger partial charge in [0.1, 0.15) is 0 Å². The quantitative estimate of drug-likeness (QED) is 0.743. The van der Waals surface area contributed by atoms with Crippen molar-refractivity contribution in [1.82, 2.24) is 20.2 Å². The number of hydrogen-bond donors (Lipinski definition) is 2. The average molecular weight is 391 g/mol. The van der Waals surface area contributed by atoms with Gasteiger partial charge in [-0.25, -0.2) is 4.98 Å². The van der Waals surface area contributed by atoms with Crippen molar-refractivity contribution >= 4 is 53.5 Å². The largest absolute Gasteiger partial charge is 0.356 e. The molecule has 0 spiro atoms. The lowest BCUT2D eigenvalue weighted by Gasteiger charge is -2.22.